The minimum Gasteiger partial charge on any atom is -0.350 e. The van der Waals surface area contributed by atoms with E-state index in [9.17, 15) is 23.6 Å². The van der Waals surface area contributed by atoms with Gasteiger partial charge in [0.25, 0.3) is 5.91 Å². The van der Waals surface area contributed by atoms with Gasteiger partial charge in [0, 0.05) is 18.7 Å². The number of hydrogen-bond acceptors (Lipinski definition) is 4. The normalized spacial score (nSPS) is 17.4. The van der Waals surface area contributed by atoms with Crippen LogP contribution in [0.15, 0.2) is 48.5 Å². The van der Waals surface area contributed by atoms with Gasteiger partial charge in [0.1, 0.15) is 11.4 Å². The van der Waals surface area contributed by atoms with Crippen molar-refractivity contribution in [3.63, 3.8) is 0 Å². The molecule has 2 aliphatic rings. The minimum atomic E-state index is -0.780. The molecule has 0 radical (unpaired) electrons. The molecule has 2 fully saturated rings. The lowest BCUT2D eigenvalue weighted by Crippen LogP contribution is -2.44. The summed E-state index contributed by atoms with van der Waals surface area (Å²) in [6.45, 7) is 1.83. The van der Waals surface area contributed by atoms with Crippen LogP contribution in [0, 0.1) is 5.82 Å². The number of amides is 5. The molecule has 2 aromatic carbocycles. The van der Waals surface area contributed by atoms with E-state index in [1.165, 1.54) is 6.07 Å². The van der Waals surface area contributed by atoms with Crippen LogP contribution in [0.5, 0.6) is 0 Å². The van der Waals surface area contributed by atoms with Crippen molar-refractivity contribution in [2.24, 2.45) is 0 Å². The van der Waals surface area contributed by atoms with E-state index in [-0.39, 0.29) is 43.1 Å². The molecule has 1 saturated heterocycles. The average molecular weight is 481 g/mol. The first kappa shape index (κ1) is 24.4. The largest absolute Gasteiger partial charge is 0.350 e. The minimum absolute atomic E-state index is 0.00134. The number of carbonyl (C=O) groups excluding carboxylic acids is 4. The van der Waals surface area contributed by atoms with Crippen LogP contribution in [0.4, 0.5) is 14.9 Å². The summed E-state index contributed by atoms with van der Waals surface area (Å²) in [6.07, 6.45) is 3.00. The van der Waals surface area contributed by atoms with Gasteiger partial charge in [-0.3, -0.25) is 19.3 Å². The molecule has 0 aromatic heterocycles. The van der Waals surface area contributed by atoms with Gasteiger partial charge < -0.3 is 16.0 Å². The first-order valence-corrected chi connectivity index (χ1v) is 11.8. The molecule has 1 aliphatic carbocycles. The lowest BCUT2D eigenvalue weighted by atomic mass is 9.98. The average Bonchev–Trinajstić information content (AvgIpc) is 3.38. The lowest BCUT2D eigenvalue weighted by Gasteiger charge is -2.20. The van der Waals surface area contributed by atoms with Crippen LogP contribution in [0.3, 0.4) is 0 Å². The van der Waals surface area contributed by atoms with Crippen molar-refractivity contribution < 1.29 is 23.6 Å². The number of imide groups is 1. The van der Waals surface area contributed by atoms with Crippen LogP contribution in [0.2, 0.25) is 0 Å². The Kier molecular flexibility index (Phi) is 7.14. The summed E-state index contributed by atoms with van der Waals surface area (Å²) in [5.41, 5.74) is 0.830. The Balaban J connectivity index is 1.29. The van der Waals surface area contributed by atoms with Gasteiger partial charge in [0.2, 0.25) is 11.8 Å². The maximum absolute atomic E-state index is 13.8. The third-order valence-electron chi connectivity index (χ3n) is 6.62. The van der Waals surface area contributed by atoms with Gasteiger partial charge in [0.05, 0.1) is 12.5 Å². The van der Waals surface area contributed by atoms with E-state index in [4.69, 9.17) is 0 Å². The highest BCUT2D eigenvalue weighted by molar-refractivity contribution is 6.07. The first-order valence-electron chi connectivity index (χ1n) is 11.8. The van der Waals surface area contributed by atoms with Crippen LogP contribution in [0.25, 0.3) is 0 Å². The van der Waals surface area contributed by atoms with Crippen molar-refractivity contribution in [3.05, 3.63) is 65.5 Å². The molecule has 9 heteroatoms. The van der Waals surface area contributed by atoms with E-state index in [1.54, 1.807) is 43.3 Å². The Hall–Kier alpha value is -3.75. The van der Waals surface area contributed by atoms with Crippen LogP contribution < -0.4 is 16.0 Å². The van der Waals surface area contributed by atoms with Crippen molar-refractivity contribution in [3.8, 4) is 0 Å². The van der Waals surface area contributed by atoms with Crippen molar-refractivity contribution >= 4 is 29.4 Å². The summed E-state index contributed by atoms with van der Waals surface area (Å²) in [5, 5.41) is 8.43. The summed E-state index contributed by atoms with van der Waals surface area (Å²) in [6, 6.07) is 12.4. The SMILES string of the molecule is CC(NC(=O)CCN1C(=O)NC2(CCCC2)C1=O)c1cccc(NC(=O)Cc2ccccc2F)c1. The summed E-state index contributed by atoms with van der Waals surface area (Å²) < 4.78 is 13.8. The van der Waals surface area contributed by atoms with Crippen molar-refractivity contribution in [2.45, 2.75) is 57.0 Å². The number of anilines is 1. The second-order valence-corrected chi connectivity index (χ2v) is 9.16. The summed E-state index contributed by atoms with van der Waals surface area (Å²) in [4.78, 5) is 51.0. The maximum Gasteiger partial charge on any atom is 0.325 e. The molecular formula is C26H29FN4O4. The number of urea groups is 1. The Morgan fingerprint density at radius 1 is 1.09 bits per heavy atom. The number of rotatable bonds is 8. The molecule has 0 bridgehead atoms. The van der Waals surface area contributed by atoms with Gasteiger partial charge in [-0.1, -0.05) is 43.2 Å². The van der Waals surface area contributed by atoms with E-state index in [0.29, 0.717) is 24.1 Å². The highest BCUT2D eigenvalue weighted by Gasteiger charge is 2.52. The summed E-state index contributed by atoms with van der Waals surface area (Å²) in [5.74, 6) is -1.31. The van der Waals surface area contributed by atoms with Gasteiger partial charge in [-0.25, -0.2) is 9.18 Å². The molecule has 184 valence electrons. The second kappa shape index (κ2) is 10.2. The van der Waals surface area contributed by atoms with E-state index >= 15 is 0 Å². The molecule has 1 spiro atoms. The van der Waals surface area contributed by atoms with Gasteiger partial charge in [-0.2, -0.15) is 0 Å². The van der Waals surface area contributed by atoms with E-state index in [2.05, 4.69) is 16.0 Å². The zero-order valence-electron chi connectivity index (χ0n) is 19.6. The Morgan fingerprint density at radius 2 is 1.83 bits per heavy atom. The number of halogens is 1. The topological polar surface area (TPSA) is 108 Å². The molecule has 35 heavy (non-hydrogen) atoms. The van der Waals surface area contributed by atoms with Crippen LogP contribution >= 0.6 is 0 Å². The molecule has 4 rings (SSSR count). The smallest absolute Gasteiger partial charge is 0.325 e. The first-order chi connectivity index (χ1) is 16.8. The molecule has 3 N–H and O–H groups in total. The predicted octanol–water partition coefficient (Wildman–Crippen LogP) is 3.44. The predicted molar refractivity (Wildman–Crippen MR) is 128 cm³/mol. The summed E-state index contributed by atoms with van der Waals surface area (Å²) in [7, 11) is 0. The molecule has 1 heterocycles. The van der Waals surface area contributed by atoms with Gasteiger partial charge in [-0.05, 0) is 49.1 Å². The Morgan fingerprint density at radius 3 is 2.57 bits per heavy atom. The fourth-order valence-electron chi connectivity index (χ4n) is 4.71. The standard InChI is InChI=1S/C26H29FN4O4/c1-17(28-22(32)11-14-31-24(34)26(30-25(31)35)12-4-5-13-26)18-8-6-9-20(15-18)29-23(33)16-19-7-2-3-10-21(19)27/h2-3,6-10,15,17H,4-5,11-14,16H2,1H3,(H,28,32)(H,29,33)(H,30,35). The third kappa shape index (κ3) is 5.50. The number of carbonyl (C=O) groups is 4. The van der Waals surface area contributed by atoms with E-state index in [0.717, 1.165) is 23.3 Å². The molecule has 5 amide bonds. The van der Waals surface area contributed by atoms with E-state index < -0.39 is 17.4 Å². The molecule has 1 atom stereocenters. The van der Waals surface area contributed by atoms with Crippen LogP contribution in [-0.2, 0) is 20.8 Å². The number of hydrogen-bond donors (Lipinski definition) is 3. The molecule has 1 aliphatic heterocycles. The molecule has 1 unspecified atom stereocenters. The lowest BCUT2D eigenvalue weighted by molar-refractivity contribution is -0.131. The van der Waals surface area contributed by atoms with Crippen LogP contribution in [-0.4, -0.2) is 40.7 Å². The summed E-state index contributed by atoms with van der Waals surface area (Å²) >= 11 is 0. The molecule has 2 aromatic rings. The maximum atomic E-state index is 13.8. The highest BCUT2D eigenvalue weighted by Crippen LogP contribution is 2.35. The second-order valence-electron chi connectivity index (χ2n) is 9.16. The van der Waals surface area contributed by atoms with Gasteiger partial charge in [-0.15, -0.1) is 0 Å². The van der Waals surface area contributed by atoms with E-state index in [1.807, 2.05) is 6.07 Å². The third-order valence-corrected chi connectivity index (χ3v) is 6.62. The number of benzene rings is 2. The molecular weight excluding hydrogens is 451 g/mol. The highest BCUT2D eigenvalue weighted by atomic mass is 19.1. The zero-order chi connectivity index (χ0) is 25.0. The number of nitrogens with one attached hydrogen (secondary N) is 3. The zero-order valence-corrected chi connectivity index (χ0v) is 19.6. The van der Waals surface area contributed by atoms with Crippen molar-refractivity contribution in [1.82, 2.24) is 15.5 Å². The molecule has 1 saturated carbocycles. The van der Waals surface area contributed by atoms with Gasteiger partial charge in [0.15, 0.2) is 0 Å². The van der Waals surface area contributed by atoms with Crippen molar-refractivity contribution in [2.75, 3.05) is 11.9 Å². The fourth-order valence-corrected chi connectivity index (χ4v) is 4.71. The van der Waals surface area contributed by atoms with Crippen LogP contribution in [0.1, 0.15) is 56.2 Å². The quantitative estimate of drug-likeness (QED) is 0.503. The fraction of sp³-hybridized carbons (Fsp3) is 0.385. The monoisotopic (exact) mass is 480 g/mol. The van der Waals surface area contributed by atoms with Gasteiger partial charge >= 0.3 is 6.03 Å². The number of nitrogens with zero attached hydrogens (tertiary/aromatic N) is 1. The Bertz CT molecular complexity index is 1150. The van der Waals surface area contributed by atoms with Crippen molar-refractivity contribution in [1.29, 1.82) is 0 Å². The molecule has 8 nitrogen and oxygen atoms in total. The Labute approximate surface area is 203 Å².